The van der Waals surface area contributed by atoms with Gasteiger partial charge in [0.05, 0.1) is 0 Å². The molecule has 0 radical (unpaired) electrons. The summed E-state index contributed by atoms with van der Waals surface area (Å²) in [6.07, 6.45) is 7.95. The molecule has 0 aromatic carbocycles. The molecule has 0 bridgehead atoms. The topological polar surface area (TPSA) is 67.1 Å². The maximum absolute atomic E-state index is 11.6. The summed E-state index contributed by atoms with van der Waals surface area (Å²) in [6, 6.07) is 1.000. The minimum atomic E-state index is -0.00111. The van der Waals surface area contributed by atoms with Gasteiger partial charge in [0.25, 0.3) is 0 Å². The van der Waals surface area contributed by atoms with Crippen LogP contribution in [-0.2, 0) is 0 Å². The van der Waals surface area contributed by atoms with E-state index < -0.39 is 0 Å². The fourth-order valence-electron chi connectivity index (χ4n) is 2.44. The summed E-state index contributed by atoms with van der Waals surface area (Å²) in [4.78, 5) is 11.6. The number of hydrogen-bond donors (Lipinski definition) is 3. The van der Waals surface area contributed by atoms with Crippen molar-refractivity contribution in [1.29, 1.82) is 0 Å². The lowest BCUT2D eigenvalue weighted by Crippen LogP contribution is -2.54. The second kappa shape index (κ2) is 4.84. The lowest BCUT2D eigenvalue weighted by Gasteiger charge is -2.33. The minimum Gasteiger partial charge on any atom is -0.335 e. The fourth-order valence-corrected chi connectivity index (χ4v) is 2.44. The summed E-state index contributed by atoms with van der Waals surface area (Å²) in [5.74, 6) is 0. The van der Waals surface area contributed by atoms with Crippen molar-refractivity contribution in [2.75, 3.05) is 0 Å². The monoisotopic (exact) mass is 211 g/mol. The van der Waals surface area contributed by atoms with Crippen molar-refractivity contribution >= 4 is 6.03 Å². The second-order valence-electron chi connectivity index (χ2n) is 4.88. The first-order valence-corrected chi connectivity index (χ1v) is 6.06. The fraction of sp³-hybridized carbons (Fsp3) is 0.909. The highest BCUT2D eigenvalue weighted by molar-refractivity contribution is 5.74. The maximum atomic E-state index is 11.6. The van der Waals surface area contributed by atoms with E-state index in [1.54, 1.807) is 0 Å². The van der Waals surface area contributed by atoms with Crippen molar-refractivity contribution in [3.8, 4) is 0 Å². The molecular weight excluding hydrogens is 190 g/mol. The van der Waals surface area contributed by atoms with E-state index in [2.05, 4.69) is 10.6 Å². The van der Waals surface area contributed by atoms with Crippen LogP contribution in [0.2, 0.25) is 0 Å². The third-order valence-electron chi connectivity index (χ3n) is 3.45. The van der Waals surface area contributed by atoms with Crippen LogP contribution in [0.4, 0.5) is 4.79 Å². The molecule has 4 nitrogen and oxygen atoms in total. The molecule has 2 aliphatic rings. The number of urea groups is 1. The Hall–Kier alpha value is -0.770. The smallest absolute Gasteiger partial charge is 0.315 e. The Labute approximate surface area is 91.0 Å². The van der Waals surface area contributed by atoms with Crippen LogP contribution in [0.25, 0.3) is 0 Å². The molecule has 2 saturated carbocycles. The maximum Gasteiger partial charge on any atom is 0.315 e. The molecule has 0 heterocycles. The van der Waals surface area contributed by atoms with Gasteiger partial charge in [0.15, 0.2) is 0 Å². The highest BCUT2D eigenvalue weighted by atomic mass is 16.2. The second-order valence-corrected chi connectivity index (χ2v) is 4.88. The first kappa shape index (κ1) is 10.7. The quantitative estimate of drug-likeness (QED) is 0.640. The van der Waals surface area contributed by atoms with Crippen LogP contribution < -0.4 is 16.4 Å². The molecule has 0 aromatic heterocycles. The SMILES string of the molecule is NC1CC(NC(=O)NC2CCCCC2)C1. The Balaban J connectivity index is 1.63. The predicted octanol–water partition coefficient (Wildman–Crippen LogP) is 1.11. The Kier molecular flexibility index (Phi) is 3.46. The van der Waals surface area contributed by atoms with Crippen molar-refractivity contribution in [3.05, 3.63) is 0 Å². The van der Waals surface area contributed by atoms with Gasteiger partial charge in [-0.05, 0) is 25.7 Å². The van der Waals surface area contributed by atoms with Gasteiger partial charge in [-0.1, -0.05) is 19.3 Å². The molecule has 86 valence electrons. The van der Waals surface area contributed by atoms with Gasteiger partial charge in [-0.25, -0.2) is 4.79 Å². The van der Waals surface area contributed by atoms with Crippen LogP contribution in [-0.4, -0.2) is 24.2 Å². The molecule has 15 heavy (non-hydrogen) atoms. The lowest BCUT2D eigenvalue weighted by molar-refractivity contribution is 0.216. The van der Waals surface area contributed by atoms with Gasteiger partial charge in [-0.2, -0.15) is 0 Å². The zero-order chi connectivity index (χ0) is 10.7. The zero-order valence-corrected chi connectivity index (χ0v) is 9.17. The van der Waals surface area contributed by atoms with Gasteiger partial charge in [0, 0.05) is 18.1 Å². The molecule has 0 spiro atoms. The van der Waals surface area contributed by atoms with E-state index in [4.69, 9.17) is 5.73 Å². The highest BCUT2D eigenvalue weighted by Crippen LogP contribution is 2.19. The average molecular weight is 211 g/mol. The van der Waals surface area contributed by atoms with Crippen LogP contribution in [0.15, 0.2) is 0 Å². The van der Waals surface area contributed by atoms with E-state index >= 15 is 0 Å². The van der Waals surface area contributed by atoms with E-state index in [1.165, 1.54) is 19.3 Å². The molecular formula is C11H21N3O. The van der Waals surface area contributed by atoms with E-state index in [9.17, 15) is 4.79 Å². The Morgan fingerprint density at radius 2 is 1.60 bits per heavy atom. The van der Waals surface area contributed by atoms with Crippen molar-refractivity contribution < 1.29 is 4.79 Å². The third kappa shape index (κ3) is 3.09. The van der Waals surface area contributed by atoms with Gasteiger partial charge in [-0.15, -0.1) is 0 Å². The van der Waals surface area contributed by atoms with Crippen molar-refractivity contribution in [1.82, 2.24) is 10.6 Å². The number of carbonyl (C=O) groups is 1. The normalized spacial score (nSPS) is 31.8. The number of nitrogens with two attached hydrogens (primary N) is 1. The van der Waals surface area contributed by atoms with Gasteiger partial charge < -0.3 is 16.4 Å². The van der Waals surface area contributed by atoms with Crippen LogP contribution in [0, 0.1) is 0 Å². The standard InChI is InChI=1S/C11H21N3O/c12-8-6-10(7-8)14-11(15)13-9-4-2-1-3-5-9/h8-10H,1-7,12H2,(H2,13,14,15). The molecule has 0 unspecified atom stereocenters. The van der Waals surface area contributed by atoms with E-state index in [-0.39, 0.29) is 6.03 Å². The first-order valence-electron chi connectivity index (χ1n) is 6.06. The summed E-state index contributed by atoms with van der Waals surface area (Å²) < 4.78 is 0. The summed E-state index contributed by atoms with van der Waals surface area (Å²) in [5, 5.41) is 6.01. The van der Waals surface area contributed by atoms with E-state index in [0.29, 0.717) is 18.1 Å². The van der Waals surface area contributed by atoms with Crippen LogP contribution in [0.1, 0.15) is 44.9 Å². The van der Waals surface area contributed by atoms with Crippen LogP contribution in [0.3, 0.4) is 0 Å². The van der Waals surface area contributed by atoms with Crippen LogP contribution in [0.5, 0.6) is 0 Å². The lowest BCUT2D eigenvalue weighted by atomic mass is 9.88. The summed E-state index contributed by atoms with van der Waals surface area (Å²) in [6.45, 7) is 0. The summed E-state index contributed by atoms with van der Waals surface area (Å²) in [5.41, 5.74) is 5.66. The Morgan fingerprint density at radius 3 is 2.20 bits per heavy atom. The Bertz CT molecular complexity index is 220. The number of rotatable bonds is 2. The molecule has 4 N–H and O–H groups in total. The predicted molar refractivity (Wildman–Crippen MR) is 59.5 cm³/mol. The molecule has 2 aliphatic carbocycles. The van der Waals surface area contributed by atoms with Gasteiger partial charge in [0.2, 0.25) is 0 Å². The van der Waals surface area contributed by atoms with Crippen molar-refractivity contribution in [3.63, 3.8) is 0 Å². The number of hydrogen-bond acceptors (Lipinski definition) is 2. The zero-order valence-electron chi connectivity index (χ0n) is 9.17. The van der Waals surface area contributed by atoms with E-state index in [1.807, 2.05) is 0 Å². The largest absolute Gasteiger partial charge is 0.335 e. The molecule has 4 heteroatoms. The molecule has 0 aliphatic heterocycles. The molecule has 0 aromatic rings. The van der Waals surface area contributed by atoms with Gasteiger partial charge in [0.1, 0.15) is 0 Å². The number of nitrogens with one attached hydrogen (secondary N) is 2. The highest BCUT2D eigenvalue weighted by Gasteiger charge is 2.27. The molecule has 2 fully saturated rings. The first-order chi connectivity index (χ1) is 7.24. The van der Waals surface area contributed by atoms with Gasteiger partial charge in [-0.3, -0.25) is 0 Å². The summed E-state index contributed by atoms with van der Waals surface area (Å²) >= 11 is 0. The van der Waals surface area contributed by atoms with E-state index in [0.717, 1.165) is 25.7 Å². The minimum absolute atomic E-state index is 0.00111. The summed E-state index contributed by atoms with van der Waals surface area (Å²) in [7, 11) is 0. The number of amides is 2. The molecule has 0 atom stereocenters. The third-order valence-corrected chi connectivity index (χ3v) is 3.45. The van der Waals surface area contributed by atoms with Crippen molar-refractivity contribution in [2.24, 2.45) is 5.73 Å². The molecule has 0 saturated heterocycles. The van der Waals surface area contributed by atoms with Crippen LogP contribution >= 0.6 is 0 Å². The molecule has 2 rings (SSSR count). The Morgan fingerprint density at radius 1 is 1.00 bits per heavy atom. The van der Waals surface area contributed by atoms with Gasteiger partial charge >= 0.3 is 6.03 Å². The number of carbonyl (C=O) groups excluding carboxylic acids is 1. The average Bonchev–Trinajstić information content (AvgIpc) is 2.17. The molecule has 2 amide bonds. The van der Waals surface area contributed by atoms with Crippen molar-refractivity contribution in [2.45, 2.75) is 63.1 Å².